The van der Waals surface area contributed by atoms with E-state index in [1.807, 2.05) is 49.4 Å². The molecule has 0 aliphatic rings. The Morgan fingerprint density at radius 2 is 1.90 bits per heavy atom. The van der Waals surface area contributed by atoms with Crippen LogP contribution in [0, 0.1) is 6.92 Å². The molecule has 4 nitrogen and oxygen atoms in total. The van der Waals surface area contributed by atoms with Crippen molar-refractivity contribution < 1.29 is 4.79 Å². The summed E-state index contributed by atoms with van der Waals surface area (Å²) < 4.78 is 0.993. The molecule has 2 N–H and O–H groups in total. The fourth-order valence-electron chi connectivity index (χ4n) is 1.93. The van der Waals surface area contributed by atoms with Crippen LogP contribution in [-0.2, 0) is 0 Å². The number of carbonyl (C=O) groups is 1. The van der Waals surface area contributed by atoms with Crippen LogP contribution < -0.4 is 10.6 Å². The summed E-state index contributed by atoms with van der Waals surface area (Å²) in [5, 5.41) is 6.71. The van der Waals surface area contributed by atoms with Gasteiger partial charge in [0.1, 0.15) is 0 Å². The third-order valence-electron chi connectivity index (χ3n) is 3.00. The number of hydrogen-bond donors (Lipinski definition) is 2. The van der Waals surface area contributed by atoms with Crippen LogP contribution in [0.4, 0.5) is 15.6 Å². The lowest BCUT2D eigenvalue weighted by atomic mass is 10.2. The highest BCUT2D eigenvalue weighted by Crippen LogP contribution is 2.31. The van der Waals surface area contributed by atoms with Crippen molar-refractivity contribution in [3.05, 3.63) is 53.1 Å². The number of rotatable bonds is 2. The van der Waals surface area contributed by atoms with Gasteiger partial charge in [-0.15, -0.1) is 0 Å². The van der Waals surface area contributed by atoms with E-state index in [-0.39, 0.29) is 6.03 Å². The van der Waals surface area contributed by atoms with Gasteiger partial charge in [0.05, 0.1) is 10.2 Å². The highest BCUT2D eigenvalue weighted by atomic mass is 35.5. The molecule has 106 valence electrons. The van der Waals surface area contributed by atoms with E-state index in [4.69, 9.17) is 11.6 Å². The minimum atomic E-state index is -0.316. The largest absolute Gasteiger partial charge is 0.325 e. The van der Waals surface area contributed by atoms with Gasteiger partial charge in [0.25, 0.3) is 0 Å². The fraction of sp³-hybridized carbons (Fsp3) is 0.0667. The number of para-hydroxylation sites is 1. The molecular formula is C15H12ClN3OS. The van der Waals surface area contributed by atoms with E-state index in [1.165, 1.54) is 11.3 Å². The third kappa shape index (κ3) is 2.99. The number of nitrogens with zero attached hydrogens (tertiary/aromatic N) is 1. The number of aromatic nitrogens is 1. The lowest BCUT2D eigenvalue weighted by Crippen LogP contribution is -2.19. The molecule has 0 saturated carbocycles. The van der Waals surface area contributed by atoms with Crippen LogP contribution in [0.3, 0.4) is 0 Å². The number of fused-ring (bicyclic) bond motifs is 1. The van der Waals surface area contributed by atoms with Crippen molar-refractivity contribution >= 4 is 50.0 Å². The molecule has 0 unspecified atom stereocenters. The Morgan fingerprint density at radius 1 is 1.14 bits per heavy atom. The summed E-state index contributed by atoms with van der Waals surface area (Å²) in [6.07, 6.45) is 0. The summed E-state index contributed by atoms with van der Waals surface area (Å²) in [6, 6.07) is 12.7. The molecule has 2 amide bonds. The predicted octanol–water partition coefficient (Wildman–Crippen LogP) is 4.90. The summed E-state index contributed by atoms with van der Waals surface area (Å²) in [5.41, 5.74) is 2.47. The summed E-state index contributed by atoms with van der Waals surface area (Å²) in [6.45, 7) is 1.91. The smallest absolute Gasteiger partial charge is 0.308 e. The second-order valence-corrected chi connectivity index (χ2v) is 5.92. The number of thiazole rings is 1. The van der Waals surface area contributed by atoms with Crippen LogP contribution in [0.15, 0.2) is 42.5 Å². The summed E-state index contributed by atoms with van der Waals surface area (Å²) in [4.78, 5) is 16.3. The number of carbonyl (C=O) groups excluding carboxylic acids is 1. The van der Waals surface area contributed by atoms with Gasteiger partial charge in [-0.25, -0.2) is 9.78 Å². The molecule has 0 aliphatic carbocycles. The lowest BCUT2D eigenvalue weighted by Gasteiger charge is -2.04. The lowest BCUT2D eigenvalue weighted by molar-refractivity contribution is 0.262. The molecular weight excluding hydrogens is 306 g/mol. The maximum atomic E-state index is 11.9. The molecule has 0 spiro atoms. The van der Waals surface area contributed by atoms with Gasteiger partial charge in [-0.2, -0.15) is 0 Å². The predicted molar refractivity (Wildman–Crippen MR) is 88.5 cm³/mol. The molecule has 0 fully saturated rings. The average molecular weight is 318 g/mol. The SMILES string of the molecule is Cc1c(Cl)ccc2sc(NC(=O)Nc3ccccc3)nc12. The number of urea groups is 1. The zero-order valence-electron chi connectivity index (χ0n) is 11.2. The van der Waals surface area contributed by atoms with E-state index in [1.54, 1.807) is 0 Å². The molecule has 21 heavy (non-hydrogen) atoms. The van der Waals surface area contributed by atoms with Gasteiger partial charge in [0.15, 0.2) is 5.13 Å². The topological polar surface area (TPSA) is 54.0 Å². The van der Waals surface area contributed by atoms with Gasteiger partial charge in [0, 0.05) is 10.7 Å². The summed E-state index contributed by atoms with van der Waals surface area (Å²) >= 11 is 7.49. The average Bonchev–Trinajstić information content (AvgIpc) is 2.87. The first kappa shape index (κ1) is 13.9. The minimum absolute atomic E-state index is 0.316. The molecule has 3 rings (SSSR count). The third-order valence-corrected chi connectivity index (χ3v) is 4.35. The normalized spacial score (nSPS) is 10.6. The van der Waals surface area contributed by atoms with E-state index < -0.39 is 0 Å². The van der Waals surface area contributed by atoms with Gasteiger partial charge in [-0.1, -0.05) is 41.1 Å². The highest BCUT2D eigenvalue weighted by Gasteiger charge is 2.10. The molecule has 2 aromatic carbocycles. The molecule has 0 atom stereocenters. The Kier molecular flexibility index (Phi) is 3.77. The monoisotopic (exact) mass is 317 g/mol. The Bertz CT molecular complexity index is 801. The van der Waals surface area contributed by atoms with E-state index >= 15 is 0 Å². The van der Waals surface area contributed by atoms with Gasteiger partial charge < -0.3 is 5.32 Å². The molecule has 0 radical (unpaired) electrons. The van der Waals surface area contributed by atoms with Crippen LogP contribution in [0.25, 0.3) is 10.2 Å². The molecule has 0 bridgehead atoms. The maximum absolute atomic E-state index is 11.9. The van der Waals surface area contributed by atoms with Crippen molar-refractivity contribution in [2.45, 2.75) is 6.92 Å². The molecule has 0 saturated heterocycles. The molecule has 1 heterocycles. The Labute approximate surface area is 130 Å². The first-order valence-electron chi connectivity index (χ1n) is 6.32. The van der Waals surface area contributed by atoms with Crippen molar-refractivity contribution in [1.82, 2.24) is 4.98 Å². The number of amides is 2. The number of halogens is 1. The number of benzene rings is 2. The van der Waals surface area contributed by atoms with Crippen molar-refractivity contribution in [2.24, 2.45) is 0 Å². The zero-order valence-corrected chi connectivity index (χ0v) is 12.8. The van der Waals surface area contributed by atoms with Gasteiger partial charge in [-0.05, 0) is 36.8 Å². The number of anilines is 2. The zero-order chi connectivity index (χ0) is 14.8. The standard InChI is InChI=1S/C15H12ClN3OS/c1-9-11(16)7-8-12-13(9)18-15(21-12)19-14(20)17-10-5-3-2-4-6-10/h2-8H,1H3,(H2,17,18,19,20). The Balaban J connectivity index is 1.79. The van der Waals surface area contributed by atoms with Crippen LogP contribution in [0.1, 0.15) is 5.56 Å². The van der Waals surface area contributed by atoms with Crippen LogP contribution in [0.2, 0.25) is 5.02 Å². The van der Waals surface area contributed by atoms with E-state index in [0.29, 0.717) is 10.2 Å². The summed E-state index contributed by atoms with van der Waals surface area (Å²) in [5.74, 6) is 0. The van der Waals surface area contributed by atoms with Gasteiger partial charge in [0.2, 0.25) is 0 Å². The van der Waals surface area contributed by atoms with Gasteiger partial charge >= 0.3 is 6.03 Å². The number of nitrogens with one attached hydrogen (secondary N) is 2. The number of aryl methyl sites for hydroxylation is 1. The second-order valence-electron chi connectivity index (χ2n) is 4.48. The second kappa shape index (κ2) is 5.71. The molecule has 0 aliphatic heterocycles. The molecule has 1 aromatic heterocycles. The molecule has 3 aromatic rings. The van der Waals surface area contributed by atoms with E-state index in [9.17, 15) is 4.79 Å². The maximum Gasteiger partial charge on any atom is 0.325 e. The van der Waals surface area contributed by atoms with Crippen molar-refractivity contribution in [3.63, 3.8) is 0 Å². The Hall–Kier alpha value is -2.11. The van der Waals surface area contributed by atoms with Crippen molar-refractivity contribution in [3.8, 4) is 0 Å². The minimum Gasteiger partial charge on any atom is -0.308 e. The van der Waals surface area contributed by atoms with Crippen molar-refractivity contribution in [1.29, 1.82) is 0 Å². The van der Waals surface area contributed by atoms with Crippen molar-refractivity contribution in [2.75, 3.05) is 10.6 Å². The van der Waals surface area contributed by atoms with E-state index in [2.05, 4.69) is 15.6 Å². The van der Waals surface area contributed by atoms with Crippen LogP contribution >= 0.6 is 22.9 Å². The fourth-order valence-corrected chi connectivity index (χ4v) is 3.01. The highest BCUT2D eigenvalue weighted by molar-refractivity contribution is 7.22. The quantitative estimate of drug-likeness (QED) is 0.706. The van der Waals surface area contributed by atoms with Crippen LogP contribution in [0.5, 0.6) is 0 Å². The van der Waals surface area contributed by atoms with Gasteiger partial charge in [-0.3, -0.25) is 5.32 Å². The first-order valence-corrected chi connectivity index (χ1v) is 7.51. The van der Waals surface area contributed by atoms with E-state index in [0.717, 1.165) is 21.5 Å². The summed E-state index contributed by atoms with van der Waals surface area (Å²) in [7, 11) is 0. The first-order chi connectivity index (χ1) is 10.1. The number of hydrogen-bond acceptors (Lipinski definition) is 3. The van der Waals surface area contributed by atoms with Crippen LogP contribution in [-0.4, -0.2) is 11.0 Å². The Morgan fingerprint density at radius 3 is 2.67 bits per heavy atom. The molecule has 6 heteroatoms.